The maximum absolute atomic E-state index is 15.1. The van der Waals surface area contributed by atoms with E-state index < -0.39 is 132 Å². The summed E-state index contributed by atoms with van der Waals surface area (Å²) in [4.78, 5) is 164. The van der Waals surface area contributed by atoms with E-state index in [1.807, 2.05) is 76.2 Å². The summed E-state index contributed by atoms with van der Waals surface area (Å²) in [7, 11) is 12.0. The minimum absolute atomic E-state index is 0.0200. The average molecular weight is 1250 g/mol. The van der Waals surface area contributed by atoms with Gasteiger partial charge in [0, 0.05) is 56.4 Å². The highest BCUT2D eigenvalue weighted by Crippen LogP contribution is 2.26. The predicted molar refractivity (Wildman–Crippen MR) is 347 cm³/mol. The normalized spacial score (nSPS) is 15.0. The SMILES string of the molecule is CC[C@H](NC(=O)[C@H](C[C@H](C)CCCCCCCCN)N(C)C(=O)[C@H](C(C)C)N(C)C(=O)[C@H](CC(C)C)N(C)C(=O)[C@H](CC(C)C)N(C)C=O)C(=O)N(C)CC(=O)N(C)[C@@H](CC(C)C)C(=O)N[C@H](C(=O)N(C)[C@@H](CC(C)C)C(=O)N[C@H](C)C(=O)NC)C(C)C. The molecule has 0 rings (SSSR count). The number of likely N-dealkylation sites (N-methyl/N-ethyl adjacent to an activating group) is 8. The Hall–Kier alpha value is -5.87. The van der Waals surface area contributed by atoms with Crippen molar-refractivity contribution in [3.63, 3.8) is 0 Å². The van der Waals surface area contributed by atoms with Crippen molar-refractivity contribution in [2.75, 3.05) is 69.5 Å². The number of hydrogen-bond acceptors (Lipinski definition) is 12. The van der Waals surface area contributed by atoms with Crippen molar-refractivity contribution in [2.45, 2.75) is 242 Å². The molecule has 88 heavy (non-hydrogen) atoms. The first kappa shape index (κ1) is 82.1. The highest BCUT2D eigenvalue weighted by atomic mass is 16.2. The first-order valence-electron chi connectivity index (χ1n) is 32.5. The maximum Gasteiger partial charge on any atom is 0.246 e. The highest BCUT2D eigenvalue weighted by Gasteiger charge is 2.43. The summed E-state index contributed by atoms with van der Waals surface area (Å²) in [5.74, 6) is -6.30. The molecule has 6 N–H and O–H groups in total. The largest absolute Gasteiger partial charge is 0.357 e. The zero-order chi connectivity index (χ0) is 68.2. The third-order valence-corrected chi connectivity index (χ3v) is 16.6. The van der Waals surface area contributed by atoms with Gasteiger partial charge in [-0.15, -0.1) is 0 Å². The molecule has 0 radical (unpaired) electrons. The highest BCUT2D eigenvalue weighted by molar-refractivity contribution is 5.98. The molecule has 0 saturated carbocycles. The monoisotopic (exact) mass is 1250 g/mol. The molecule has 0 spiro atoms. The van der Waals surface area contributed by atoms with Crippen LogP contribution in [0.4, 0.5) is 0 Å². The van der Waals surface area contributed by atoms with E-state index in [4.69, 9.17) is 5.73 Å². The van der Waals surface area contributed by atoms with Gasteiger partial charge in [-0.1, -0.05) is 135 Å². The van der Waals surface area contributed by atoms with Crippen LogP contribution in [0.1, 0.15) is 187 Å². The Balaban J connectivity index is 7.08. The molecule has 0 bridgehead atoms. The van der Waals surface area contributed by atoms with Gasteiger partial charge in [-0.2, -0.15) is 0 Å². The summed E-state index contributed by atoms with van der Waals surface area (Å²) in [6.07, 6.45) is 8.82. The Kier molecular flexibility index (Phi) is 38.0. The van der Waals surface area contributed by atoms with E-state index in [1.165, 1.54) is 90.6 Å². The first-order chi connectivity index (χ1) is 40.9. The zero-order valence-electron chi connectivity index (χ0n) is 58.6. The summed E-state index contributed by atoms with van der Waals surface area (Å²) >= 11 is 0. The maximum atomic E-state index is 15.1. The van der Waals surface area contributed by atoms with Gasteiger partial charge in [0.2, 0.25) is 65.5 Å². The smallest absolute Gasteiger partial charge is 0.246 e. The van der Waals surface area contributed by atoms with Gasteiger partial charge >= 0.3 is 0 Å². The zero-order valence-corrected chi connectivity index (χ0v) is 58.6. The molecular formula is C65H122N12O11. The predicted octanol–water partition coefficient (Wildman–Crippen LogP) is 4.88. The Bertz CT molecular complexity index is 2230. The fourth-order valence-electron chi connectivity index (χ4n) is 11.1. The van der Waals surface area contributed by atoms with Crippen LogP contribution in [0.5, 0.6) is 0 Å². The van der Waals surface area contributed by atoms with E-state index in [9.17, 15) is 47.9 Å². The fourth-order valence-corrected chi connectivity index (χ4v) is 11.1. The van der Waals surface area contributed by atoms with Gasteiger partial charge in [0.15, 0.2) is 0 Å². The van der Waals surface area contributed by atoms with Crippen molar-refractivity contribution < 1.29 is 52.7 Å². The average Bonchev–Trinajstić information content (AvgIpc) is 3.54. The van der Waals surface area contributed by atoms with Gasteiger partial charge in [0.1, 0.15) is 54.4 Å². The molecule has 11 amide bonds. The lowest BCUT2D eigenvalue weighted by Crippen LogP contribution is -2.61. The molecule has 0 fully saturated rings. The lowest BCUT2D eigenvalue weighted by Gasteiger charge is -2.40. The molecule has 10 atom stereocenters. The minimum atomic E-state index is -1.14. The molecule has 0 unspecified atom stereocenters. The van der Waals surface area contributed by atoms with Crippen LogP contribution in [-0.2, 0) is 52.7 Å². The van der Waals surface area contributed by atoms with E-state index in [2.05, 4.69) is 21.3 Å². The third kappa shape index (κ3) is 26.7. The number of nitrogens with two attached hydrogens (primary N) is 1. The number of carbonyl (C=O) groups excluding carboxylic acids is 11. The standard InChI is InChI=1S/C65H122N12O11/c1-24-48(61(84)71(17)38-54(79)73(19)49(33-40(2)3)60(83)70-55(44(10)11)64(87)74(20)50(34-41(4)5)58(81)68-47(15)57(80)67-16)69-59(82)51(37-46(14)31-29-27-25-26-28-30-32-66)75(21)65(88)56(45(12)13)77(23)63(86)53(36-43(8)9)76(22)62(85)52(35-42(6)7)72(18)39-78/h39-53,55-56H,24-38,66H2,1-23H3,(H,67,80)(H,68,81)(H,69,82)(H,70,83)/t46-,47-,48+,49+,50+,51+,52+,53+,55+,56+/m1/s1. The molecular weight excluding hydrogens is 1120 g/mol. The van der Waals surface area contributed by atoms with Crippen LogP contribution in [0.15, 0.2) is 0 Å². The summed E-state index contributed by atoms with van der Waals surface area (Å²) < 4.78 is 0. The van der Waals surface area contributed by atoms with Gasteiger partial charge in [-0.3, -0.25) is 52.7 Å². The second kappa shape index (κ2) is 40.7. The molecule has 0 aliphatic rings. The van der Waals surface area contributed by atoms with Crippen molar-refractivity contribution in [1.82, 2.24) is 55.6 Å². The van der Waals surface area contributed by atoms with Crippen LogP contribution in [0.3, 0.4) is 0 Å². The summed E-state index contributed by atoms with van der Waals surface area (Å²) in [5.41, 5.74) is 5.70. The second-order valence-corrected chi connectivity index (χ2v) is 27.1. The van der Waals surface area contributed by atoms with E-state index in [1.54, 1.807) is 27.8 Å². The van der Waals surface area contributed by atoms with E-state index in [0.29, 0.717) is 19.4 Å². The number of nitrogens with zero attached hydrogens (tertiary/aromatic N) is 7. The van der Waals surface area contributed by atoms with Crippen LogP contribution in [-0.4, -0.2) is 224 Å². The number of hydrogen-bond donors (Lipinski definition) is 5. The number of nitrogens with one attached hydrogen (secondary N) is 4. The molecule has 0 heterocycles. The van der Waals surface area contributed by atoms with Gasteiger partial charge in [0.25, 0.3) is 0 Å². The summed E-state index contributed by atoms with van der Waals surface area (Å²) in [5, 5.41) is 11.0. The van der Waals surface area contributed by atoms with Crippen LogP contribution in [0, 0.1) is 41.4 Å². The topological polar surface area (TPSA) is 285 Å². The quantitative estimate of drug-likeness (QED) is 0.0404. The Labute approximate surface area is 530 Å². The Morgan fingerprint density at radius 1 is 0.443 bits per heavy atom. The lowest BCUT2D eigenvalue weighted by molar-refractivity contribution is -0.155. The number of unbranched alkanes of at least 4 members (excludes halogenated alkanes) is 5. The first-order valence-corrected chi connectivity index (χ1v) is 32.5. The van der Waals surface area contributed by atoms with Crippen molar-refractivity contribution >= 4 is 65.5 Å². The Morgan fingerprint density at radius 2 is 0.864 bits per heavy atom. The molecule has 0 saturated heterocycles. The number of rotatable bonds is 42. The van der Waals surface area contributed by atoms with Gasteiger partial charge in [0.05, 0.1) is 6.54 Å². The van der Waals surface area contributed by atoms with Gasteiger partial charge < -0.3 is 61.3 Å². The molecule has 23 nitrogen and oxygen atoms in total. The van der Waals surface area contributed by atoms with Crippen LogP contribution < -0.4 is 27.0 Å². The van der Waals surface area contributed by atoms with Crippen LogP contribution in [0.25, 0.3) is 0 Å². The fraction of sp³-hybridized carbons (Fsp3) is 0.831. The molecule has 0 aliphatic carbocycles. The summed E-state index contributed by atoms with van der Waals surface area (Å²) in [6, 6.07) is -9.15. The second-order valence-electron chi connectivity index (χ2n) is 27.1. The Morgan fingerprint density at radius 3 is 1.33 bits per heavy atom. The minimum Gasteiger partial charge on any atom is -0.357 e. The van der Waals surface area contributed by atoms with Crippen molar-refractivity contribution in [3.05, 3.63) is 0 Å². The lowest BCUT2D eigenvalue weighted by atomic mass is 9.92. The molecule has 0 aromatic carbocycles. The third-order valence-electron chi connectivity index (χ3n) is 16.6. The van der Waals surface area contributed by atoms with Crippen molar-refractivity contribution in [1.29, 1.82) is 0 Å². The van der Waals surface area contributed by atoms with Crippen molar-refractivity contribution in [3.8, 4) is 0 Å². The van der Waals surface area contributed by atoms with Gasteiger partial charge in [-0.05, 0) is 99.8 Å². The van der Waals surface area contributed by atoms with E-state index in [-0.39, 0.29) is 61.7 Å². The molecule has 508 valence electrons. The van der Waals surface area contributed by atoms with Crippen molar-refractivity contribution in [2.24, 2.45) is 47.2 Å². The number of amides is 11. The molecule has 0 aliphatic heterocycles. The molecule has 0 aromatic heterocycles. The number of carbonyl (C=O) groups is 11. The summed E-state index contributed by atoms with van der Waals surface area (Å²) in [6.45, 7) is 27.9. The van der Waals surface area contributed by atoms with E-state index in [0.717, 1.165) is 44.9 Å². The van der Waals surface area contributed by atoms with Crippen LogP contribution >= 0.6 is 0 Å². The molecule has 23 heteroatoms. The van der Waals surface area contributed by atoms with Gasteiger partial charge in [-0.25, -0.2) is 0 Å². The molecule has 0 aromatic rings. The van der Waals surface area contributed by atoms with Crippen LogP contribution in [0.2, 0.25) is 0 Å². The van der Waals surface area contributed by atoms with E-state index >= 15 is 4.79 Å².